The first-order chi connectivity index (χ1) is 9.17. The minimum atomic E-state index is 0. The van der Waals surface area contributed by atoms with E-state index in [1.165, 1.54) is 11.3 Å². The molecular weight excluding hydrogens is 383 g/mol. The highest BCUT2D eigenvalue weighted by molar-refractivity contribution is 14.0. The highest BCUT2D eigenvalue weighted by Crippen LogP contribution is 2.07. The Morgan fingerprint density at radius 1 is 1.45 bits per heavy atom. The highest BCUT2D eigenvalue weighted by atomic mass is 127. The molecule has 6 heteroatoms. The molecule has 0 aliphatic rings. The summed E-state index contributed by atoms with van der Waals surface area (Å²) in [7, 11) is 3.97. The summed E-state index contributed by atoms with van der Waals surface area (Å²) in [5.74, 6) is 0.867. The number of likely N-dealkylation sites (N-methyl/N-ethyl adjacent to an activating group) is 1. The van der Waals surface area contributed by atoms with E-state index in [4.69, 9.17) is 0 Å². The van der Waals surface area contributed by atoms with Crippen LogP contribution in [0.4, 0.5) is 0 Å². The van der Waals surface area contributed by atoms with Crippen molar-refractivity contribution in [3.05, 3.63) is 22.4 Å². The van der Waals surface area contributed by atoms with E-state index in [0.717, 1.165) is 25.6 Å². The van der Waals surface area contributed by atoms with E-state index in [-0.39, 0.29) is 24.0 Å². The third-order valence-corrected chi connectivity index (χ3v) is 4.21. The fraction of sp³-hybridized carbons (Fsp3) is 0.643. The van der Waals surface area contributed by atoms with Crippen molar-refractivity contribution < 1.29 is 0 Å². The standard InChI is InChI=1S/C14H26N4S.HI/c1-5-12(2)18(4)9-8-16-14(15-3)17-11-13-7-6-10-19-13;/h6-7,10,12H,5,8-9,11H2,1-4H3,(H2,15,16,17);1H. The highest BCUT2D eigenvalue weighted by Gasteiger charge is 2.06. The molecule has 116 valence electrons. The monoisotopic (exact) mass is 410 g/mol. The van der Waals surface area contributed by atoms with Crippen LogP contribution >= 0.6 is 35.3 Å². The molecule has 1 unspecified atom stereocenters. The summed E-state index contributed by atoms with van der Waals surface area (Å²) in [5.41, 5.74) is 0. The summed E-state index contributed by atoms with van der Waals surface area (Å²) in [6.45, 7) is 7.23. The summed E-state index contributed by atoms with van der Waals surface area (Å²) in [4.78, 5) is 7.91. The third kappa shape index (κ3) is 7.44. The average molecular weight is 410 g/mol. The summed E-state index contributed by atoms with van der Waals surface area (Å²) in [5, 5.41) is 8.75. The molecule has 0 aliphatic carbocycles. The summed E-state index contributed by atoms with van der Waals surface area (Å²) < 4.78 is 0. The molecule has 0 amide bonds. The number of nitrogens with one attached hydrogen (secondary N) is 2. The van der Waals surface area contributed by atoms with Crippen molar-refractivity contribution in [2.75, 3.05) is 27.2 Å². The number of thiophene rings is 1. The minimum absolute atomic E-state index is 0. The molecule has 0 radical (unpaired) electrons. The maximum Gasteiger partial charge on any atom is 0.191 e. The van der Waals surface area contributed by atoms with Crippen LogP contribution in [0, 0.1) is 0 Å². The molecule has 20 heavy (non-hydrogen) atoms. The lowest BCUT2D eigenvalue weighted by Gasteiger charge is -2.23. The molecule has 0 aliphatic heterocycles. The normalized spacial score (nSPS) is 12.9. The Hall–Kier alpha value is -0.340. The molecule has 0 saturated heterocycles. The van der Waals surface area contributed by atoms with Crippen LogP contribution in [-0.2, 0) is 6.54 Å². The Kier molecular flexibility index (Phi) is 11.1. The quantitative estimate of drug-likeness (QED) is 0.413. The Labute approximate surface area is 144 Å². The molecule has 1 heterocycles. The number of guanidine groups is 1. The van der Waals surface area contributed by atoms with Crippen molar-refractivity contribution in [1.82, 2.24) is 15.5 Å². The van der Waals surface area contributed by atoms with Crippen LogP contribution < -0.4 is 10.6 Å². The van der Waals surface area contributed by atoms with Gasteiger partial charge < -0.3 is 15.5 Å². The van der Waals surface area contributed by atoms with E-state index in [1.807, 2.05) is 7.05 Å². The number of nitrogens with zero attached hydrogens (tertiary/aromatic N) is 2. The van der Waals surface area contributed by atoms with Gasteiger partial charge in [-0.2, -0.15) is 0 Å². The van der Waals surface area contributed by atoms with Gasteiger partial charge in [0.2, 0.25) is 0 Å². The Morgan fingerprint density at radius 2 is 2.20 bits per heavy atom. The van der Waals surface area contributed by atoms with E-state index in [9.17, 15) is 0 Å². The fourth-order valence-electron chi connectivity index (χ4n) is 1.69. The van der Waals surface area contributed by atoms with Crippen LogP contribution in [0.1, 0.15) is 25.1 Å². The fourth-order valence-corrected chi connectivity index (χ4v) is 2.33. The zero-order chi connectivity index (χ0) is 14.1. The van der Waals surface area contributed by atoms with Gasteiger partial charge in [-0.1, -0.05) is 13.0 Å². The second-order valence-electron chi connectivity index (χ2n) is 4.67. The molecule has 1 atom stereocenters. The second kappa shape index (κ2) is 11.3. The van der Waals surface area contributed by atoms with Crippen molar-refractivity contribution >= 4 is 41.3 Å². The Bertz CT molecular complexity index is 367. The van der Waals surface area contributed by atoms with Crippen molar-refractivity contribution in [3.63, 3.8) is 0 Å². The van der Waals surface area contributed by atoms with Crippen LogP contribution in [0.15, 0.2) is 22.5 Å². The zero-order valence-corrected chi connectivity index (χ0v) is 16.0. The van der Waals surface area contributed by atoms with Crippen molar-refractivity contribution in [2.24, 2.45) is 4.99 Å². The first kappa shape index (κ1) is 19.7. The molecule has 1 aromatic heterocycles. The number of halogens is 1. The summed E-state index contributed by atoms with van der Waals surface area (Å²) in [6, 6.07) is 4.82. The minimum Gasteiger partial charge on any atom is -0.355 e. The smallest absolute Gasteiger partial charge is 0.191 e. The van der Waals surface area contributed by atoms with Gasteiger partial charge in [0.25, 0.3) is 0 Å². The number of rotatable bonds is 7. The van der Waals surface area contributed by atoms with Gasteiger partial charge in [-0.3, -0.25) is 4.99 Å². The van der Waals surface area contributed by atoms with E-state index >= 15 is 0 Å². The average Bonchev–Trinajstić information content (AvgIpc) is 2.94. The molecule has 0 aromatic carbocycles. The predicted octanol–water partition coefficient (Wildman–Crippen LogP) is 2.76. The van der Waals surface area contributed by atoms with E-state index in [0.29, 0.717) is 6.04 Å². The van der Waals surface area contributed by atoms with Crippen LogP contribution in [0.3, 0.4) is 0 Å². The van der Waals surface area contributed by atoms with Crippen LogP contribution in [0.2, 0.25) is 0 Å². The van der Waals surface area contributed by atoms with Gasteiger partial charge in [0.1, 0.15) is 0 Å². The Balaban J connectivity index is 0.00000361. The zero-order valence-electron chi connectivity index (χ0n) is 12.8. The Morgan fingerprint density at radius 3 is 2.75 bits per heavy atom. The first-order valence-corrected chi connectivity index (χ1v) is 7.72. The predicted molar refractivity (Wildman–Crippen MR) is 100 cm³/mol. The van der Waals surface area contributed by atoms with E-state index in [1.54, 1.807) is 11.3 Å². The molecule has 0 fully saturated rings. The lowest BCUT2D eigenvalue weighted by Crippen LogP contribution is -2.42. The molecule has 0 saturated carbocycles. The second-order valence-corrected chi connectivity index (χ2v) is 5.70. The van der Waals surface area contributed by atoms with Crippen molar-refractivity contribution in [3.8, 4) is 0 Å². The molecular formula is C14H27IN4S. The van der Waals surface area contributed by atoms with Crippen LogP contribution in [-0.4, -0.2) is 44.1 Å². The third-order valence-electron chi connectivity index (χ3n) is 3.33. The maximum absolute atomic E-state index is 4.23. The van der Waals surface area contributed by atoms with E-state index in [2.05, 4.69) is 58.9 Å². The molecule has 2 N–H and O–H groups in total. The van der Waals surface area contributed by atoms with Gasteiger partial charge in [-0.15, -0.1) is 35.3 Å². The number of aliphatic imine (C=N–C) groups is 1. The lowest BCUT2D eigenvalue weighted by molar-refractivity contribution is 0.255. The first-order valence-electron chi connectivity index (χ1n) is 6.84. The van der Waals surface area contributed by atoms with Gasteiger partial charge in [-0.05, 0) is 31.8 Å². The summed E-state index contributed by atoms with van der Waals surface area (Å²) >= 11 is 1.76. The van der Waals surface area contributed by atoms with Crippen molar-refractivity contribution in [1.29, 1.82) is 0 Å². The molecule has 4 nitrogen and oxygen atoms in total. The van der Waals surface area contributed by atoms with Gasteiger partial charge in [0.15, 0.2) is 5.96 Å². The van der Waals surface area contributed by atoms with Gasteiger partial charge in [0, 0.05) is 31.1 Å². The molecule has 0 bridgehead atoms. The van der Waals surface area contributed by atoms with Crippen LogP contribution in [0.5, 0.6) is 0 Å². The van der Waals surface area contributed by atoms with Crippen molar-refractivity contribution in [2.45, 2.75) is 32.9 Å². The lowest BCUT2D eigenvalue weighted by atomic mass is 10.2. The molecule has 1 aromatic rings. The summed E-state index contributed by atoms with van der Waals surface area (Å²) in [6.07, 6.45) is 1.18. The van der Waals surface area contributed by atoms with Crippen LogP contribution in [0.25, 0.3) is 0 Å². The number of hydrogen-bond acceptors (Lipinski definition) is 3. The van der Waals surface area contributed by atoms with Gasteiger partial charge >= 0.3 is 0 Å². The SMILES string of the molecule is CCC(C)N(C)CCNC(=NC)NCc1cccs1.I. The largest absolute Gasteiger partial charge is 0.355 e. The maximum atomic E-state index is 4.23. The molecule has 1 rings (SSSR count). The number of hydrogen-bond donors (Lipinski definition) is 2. The van der Waals surface area contributed by atoms with Gasteiger partial charge in [0.05, 0.1) is 6.54 Å². The van der Waals surface area contributed by atoms with E-state index < -0.39 is 0 Å². The molecule has 0 spiro atoms. The van der Waals surface area contributed by atoms with Gasteiger partial charge in [-0.25, -0.2) is 0 Å². The topological polar surface area (TPSA) is 39.7 Å².